The molecule has 126 valence electrons. The van der Waals surface area contributed by atoms with Gasteiger partial charge in [-0.15, -0.1) is 11.8 Å². The van der Waals surface area contributed by atoms with Gasteiger partial charge in [0.1, 0.15) is 5.75 Å². The third-order valence-corrected chi connectivity index (χ3v) is 5.06. The lowest BCUT2D eigenvalue weighted by molar-refractivity contribution is -0.0501. The summed E-state index contributed by atoms with van der Waals surface area (Å²) in [4.78, 5) is 15.7. The van der Waals surface area contributed by atoms with E-state index >= 15 is 0 Å². The van der Waals surface area contributed by atoms with Crippen LogP contribution in [0.1, 0.15) is 23.7 Å². The Morgan fingerprint density at radius 3 is 2.71 bits per heavy atom. The number of carbonyl (C=O) groups is 1. The Kier molecular flexibility index (Phi) is 5.04. The van der Waals surface area contributed by atoms with Gasteiger partial charge in [-0.2, -0.15) is 8.78 Å². The second-order valence-electron chi connectivity index (χ2n) is 5.52. The number of fused-ring (bicyclic) bond motifs is 1. The van der Waals surface area contributed by atoms with Crippen LogP contribution in [0.15, 0.2) is 53.4 Å². The molecule has 0 spiro atoms. The van der Waals surface area contributed by atoms with Crippen LogP contribution in [0.25, 0.3) is 0 Å². The molecule has 3 rings (SSSR count). The summed E-state index contributed by atoms with van der Waals surface area (Å²) in [6.45, 7) is -0.318. The summed E-state index contributed by atoms with van der Waals surface area (Å²) in [7, 11) is 0. The summed E-state index contributed by atoms with van der Waals surface area (Å²) in [6.07, 6.45) is 0.822. The highest BCUT2D eigenvalue weighted by Gasteiger charge is 2.27. The Morgan fingerprint density at radius 2 is 1.92 bits per heavy atom. The van der Waals surface area contributed by atoms with Gasteiger partial charge in [-0.25, -0.2) is 0 Å². The van der Waals surface area contributed by atoms with Gasteiger partial charge in [0, 0.05) is 16.7 Å². The maximum atomic E-state index is 13.0. The zero-order valence-corrected chi connectivity index (χ0v) is 13.9. The predicted molar refractivity (Wildman–Crippen MR) is 91.1 cm³/mol. The van der Waals surface area contributed by atoms with Crippen molar-refractivity contribution in [3.8, 4) is 5.75 Å². The van der Waals surface area contributed by atoms with Crippen LogP contribution in [-0.2, 0) is 0 Å². The summed E-state index contributed by atoms with van der Waals surface area (Å²) < 4.78 is 29.7. The normalized spacial score (nSPS) is 17.3. The molecule has 24 heavy (non-hydrogen) atoms. The van der Waals surface area contributed by atoms with Crippen molar-refractivity contribution < 1.29 is 18.3 Å². The lowest BCUT2D eigenvalue weighted by Gasteiger charge is -2.23. The largest absolute Gasteiger partial charge is 0.434 e. The molecule has 0 radical (unpaired) electrons. The van der Waals surface area contributed by atoms with Crippen LogP contribution >= 0.6 is 11.8 Å². The molecule has 1 amide bonds. The SMILES string of the molecule is CC1CCN(C(=O)c2ccccc2OC(F)F)c2ccccc2S1. The van der Waals surface area contributed by atoms with E-state index in [0.717, 1.165) is 17.0 Å². The fourth-order valence-electron chi connectivity index (χ4n) is 2.69. The molecule has 0 saturated heterocycles. The fourth-order valence-corrected chi connectivity index (χ4v) is 3.80. The number of nitrogens with zero attached hydrogens (tertiary/aromatic N) is 1. The number of benzene rings is 2. The van der Waals surface area contributed by atoms with E-state index in [1.54, 1.807) is 28.8 Å². The monoisotopic (exact) mass is 349 g/mol. The smallest absolute Gasteiger partial charge is 0.387 e. The van der Waals surface area contributed by atoms with Gasteiger partial charge in [0.05, 0.1) is 11.3 Å². The first-order valence-electron chi connectivity index (χ1n) is 7.67. The van der Waals surface area contributed by atoms with Gasteiger partial charge in [0.15, 0.2) is 0 Å². The number of anilines is 1. The average Bonchev–Trinajstić information content (AvgIpc) is 2.72. The van der Waals surface area contributed by atoms with Crippen molar-refractivity contribution in [1.82, 2.24) is 0 Å². The van der Waals surface area contributed by atoms with E-state index in [1.165, 1.54) is 12.1 Å². The first kappa shape index (κ1) is 16.8. The van der Waals surface area contributed by atoms with Crippen molar-refractivity contribution in [2.24, 2.45) is 0 Å². The second kappa shape index (κ2) is 7.21. The number of hydrogen-bond acceptors (Lipinski definition) is 3. The van der Waals surface area contributed by atoms with Crippen molar-refractivity contribution in [3.63, 3.8) is 0 Å². The van der Waals surface area contributed by atoms with Crippen LogP contribution in [-0.4, -0.2) is 24.3 Å². The molecular formula is C18H17F2NO2S. The third kappa shape index (κ3) is 3.53. The highest BCUT2D eigenvalue weighted by atomic mass is 32.2. The highest BCUT2D eigenvalue weighted by molar-refractivity contribution is 8.00. The van der Waals surface area contributed by atoms with Crippen LogP contribution in [0.4, 0.5) is 14.5 Å². The highest BCUT2D eigenvalue weighted by Crippen LogP contribution is 2.38. The molecule has 6 heteroatoms. The Hall–Kier alpha value is -2.08. The van der Waals surface area contributed by atoms with Crippen LogP contribution in [0.5, 0.6) is 5.75 Å². The summed E-state index contributed by atoms with van der Waals surface area (Å²) in [5.74, 6) is -0.423. The Balaban J connectivity index is 1.99. The molecule has 0 aliphatic carbocycles. The minimum Gasteiger partial charge on any atom is -0.434 e. The number of amides is 1. The van der Waals surface area contributed by atoms with E-state index < -0.39 is 6.61 Å². The number of alkyl halides is 2. The van der Waals surface area contributed by atoms with Crippen molar-refractivity contribution >= 4 is 23.4 Å². The van der Waals surface area contributed by atoms with E-state index in [4.69, 9.17) is 0 Å². The van der Waals surface area contributed by atoms with Crippen molar-refractivity contribution in [1.29, 1.82) is 0 Å². The van der Waals surface area contributed by atoms with Crippen LogP contribution in [0, 0.1) is 0 Å². The van der Waals surface area contributed by atoms with Gasteiger partial charge >= 0.3 is 6.61 Å². The molecule has 0 bridgehead atoms. The molecular weight excluding hydrogens is 332 g/mol. The zero-order valence-electron chi connectivity index (χ0n) is 13.1. The van der Waals surface area contributed by atoms with Crippen molar-refractivity contribution in [2.45, 2.75) is 30.1 Å². The topological polar surface area (TPSA) is 29.5 Å². The Morgan fingerprint density at radius 1 is 1.21 bits per heavy atom. The van der Waals surface area contributed by atoms with E-state index in [2.05, 4.69) is 11.7 Å². The number of carbonyl (C=O) groups excluding carboxylic acids is 1. The van der Waals surface area contributed by atoms with E-state index in [0.29, 0.717) is 11.8 Å². The van der Waals surface area contributed by atoms with Gasteiger partial charge in [-0.1, -0.05) is 31.2 Å². The first-order chi connectivity index (χ1) is 11.6. The zero-order chi connectivity index (χ0) is 17.1. The Labute approximate surface area is 143 Å². The van der Waals surface area contributed by atoms with Gasteiger partial charge in [-0.3, -0.25) is 4.79 Å². The number of halogens is 2. The van der Waals surface area contributed by atoms with Gasteiger partial charge in [0.2, 0.25) is 0 Å². The molecule has 0 N–H and O–H groups in total. The van der Waals surface area contributed by atoms with Crippen molar-refractivity contribution in [2.75, 3.05) is 11.4 Å². The number of rotatable bonds is 3. The van der Waals surface area contributed by atoms with Crippen LogP contribution < -0.4 is 9.64 Å². The molecule has 0 fully saturated rings. The molecule has 1 aliphatic rings. The molecule has 2 aromatic carbocycles. The lowest BCUT2D eigenvalue weighted by atomic mass is 10.1. The Bertz CT molecular complexity index is 738. The summed E-state index contributed by atoms with van der Waals surface area (Å²) in [5.41, 5.74) is 0.954. The second-order valence-corrected chi connectivity index (χ2v) is 7.00. The van der Waals surface area contributed by atoms with Gasteiger partial charge < -0.3 is 9.64 Å². The number of ether oxygens (including phenoxy) is 1. The number of thioether (sulfide) groups is 1. The molecule has 1 heterocycles. The minimum atomic E-state index is -2.97. The van der Waals surface area contributed by atoms with E-state index in [1.807, 2.05) is 24.3 Å². The first-order valence-corrected chi connectivity index (χ1v) is 8.55. The quantitative estimate of drug-likeness (QED) is 0.796. The molecule has 2 aromatic rings. The molecule has 1 unspecified atom stereocenters. The molecule has 0 saturated carbocycles. The van der Waals surface area contributed by atoms with Gasteiger partial charge in [0.25, 0.3) is 5.91 Å². The predicted octanol–water partition coefficient (Wildman–Crippen LogP) is 4.82. The molecule has 3 nitrogen and oxygen atoms in total. The lowest BCUT2D eigenvalue weighted by Crippen LogP contribution is -2.32. The summed E-state index contributed by atoms with van der Waals surface area (Å²) in [6, 6.07) is 13.8. The van der Waals surface area contributed by atoms with Crippen molar-refractivity contribution in [3.05, 3.63) is 54.1 Å². The molecule has 0 aromatic heterocycles. The van der Waals surface area contributed by atoms with Gasteiger partial charge in [-0.05, 0) is 30.7 Å². The third-order valence-electron chi connectivity index (χ3n) is 3.82. The maximum absolute atomic E-state index is 13.0. The van der Waals surface area contributed by atoms with Crippen LogP contribution in [0.2, 0.25) is 0 Å². The summed E-state index contributed by atoms with van der Waals surface area (Å²) >= 11 is 1.72. The standard InChI is InChI=1S/C18H17F2NO2S/c1-12-10-11-21(14-7-3-5-9-16(14)24-12)17(22)13-6-2-4-8-15(13)23-18(19)20/h2-9,12,18H,10-11H2,1H3. The molecule has 1 aliphatic heterocycles. The molecule has 1 atom stereocenters. The maximum Gasteiger partial charge on any atom is 0.387 e. The van der Waals surface area contributed by atoms with E-state index in [-0.39, 0.29) is 17.2 Å². The minimum absolute atomic E-state index is 0.0973. The number of hydrogen-bond donors (Lipinski definition) is 0. The van der Waals surface area contributed by atoms with Crippen LogP contribution in [0.3, 0.4) is 0 Å². The average molecular weight is 349 g/mol. The summed E-state index contributed by atoms with van der Waals surface area (Å²) in [5, 5.41) is 0.372. The fraction of sp³-hybridized carbons (Fsp3) is 0.278. The number of para-hydroxylation sites is 2. The van der Waals surface area contributed by atoms with E-state index in [9.17, 15) is 13.6 Å².